The molecule has 1 N–H and O–H groups in total. The van der Waals surface area contributed by atoms with Crippen LogP contribution in [0.25, 0.3) is 6.08 Å². The second-order valence-corrected chi connectivity index (χ2v) is 5.83. The molecule has 2 aromatic rings. The van der Waals surface area contributed by atoms with E-state index < -0.39 is 34.4 Å². The van der Waals surface area contributed by atoms with Gasteiger partial charge in [0.05, 0.1) is 11.5 Å². The Morgan fingerprint density at radius 2 is 1.93 bits per heavy atom. The molecule has 8 nitrogen and oxygen atoms in total. The molecule has 0 aliphatic carbocycles. The average Bonchev–Trinajstić information content (AvgIpc) is 2.68. The zero-order chi connectivity index (χ0) is 21.4. The quantitative estimate of drug-likeness (QED) is 0.312. The minimum absolute atomic E-state index is 0.0101. The molecule has 0 aromatic heterocycles. The molecule has 152 valence electrons. The van der Waals surface area contributed by atoms with E-state index in [1.54, 1.807) is 24.3 Å². The summed E-state index contributed by atoms with van der Waals surface area (Å²) in [5.41, 5.74) is -0.0252. The number of rotatable bonds is 8. The van der Waals surface area contributed by atoms with Gasteiger partial charge >= 0.3 is 11.7 Å². The van der Waals surface area contributed by atoms with Gasteiger partial charge in [0, 0.05) is 17.8 Å². The first-order valence-corrected chi connectivity index (χ1v) is 8.66. The Labute approximate surface area is 166 Å². The molecule has 2 rings (SSSR count). The zero-order valence-corrected chi connectivity index (χ0v) is 15.8. The third-order valence-corrected chi connectivity index (χ3v) is 3.68. The number of anilines is 1. The second-order valence-electron chi connectivity index (χ2n) is 5.83. The average molecular weight is 402 g/mol. The van der Waals surface area contributed by atoms with Gasteiger partial charge in [-0.05, 0) is 49.8 Å². The highest BCUT2D eigenvalue weighted by Crippen LogP contribution is 2.21. The third kappa shape index (κ3) is 6.42. The number of ether oxygens (including phenoxy) is 2. The molecule has 0 aliphatic rings. The van der Waals surface area contributed by atoms with Crippen LogP contribution in [0.1, 0.15) is 19.4 Å². The number of halogens is 1. The molecule has 0 aliphatic heterocycles. The van der Waals surface area contributed by atoms with Crippen LogP contribution in [-0.4, -0.2) is 29.5 Å². The summed E-state index contributed by atoms with van der Waals surface area (Å²) in [4.78, 5) is 33.8. The van der Waals surface area contributed by atoms with Gasteiger partial charge in [0.2, 0.25) is 5.82 Å². The topological polar surface area (TPSA) is 108 Å². The van der Waals surface area contributed by atoms with E-state index in [-0.39, 0.29) is 5.69 Å². The van der Waals surface area contributed by atoms with Crippen LogP contribution < -0.4 is 10.1 Å². The van der Waals surface area contributed by atoms with Crippen molar-refractivity contribution in [3.8, 4) is 5.75 Å². The minimum atomic E-state index is -1.17. The van der Waals surface area contributed by atoms with Gasteiger partial charge in [-0.1, -0.05) is 12.1 Å². The molecule has 0 bridgehead atoms. The SMILES string of the molecule is CCOc1ccc(/C=C/C(=O)OC(C)C(=O)Nc2ccc(F)c([N+](=O)[O-])c2)cc1. The summed E-state index contributed by atoms with van der Waals surface area (Å²) in [6.07, 6.45) is 1.52. The van der Waals surface area contributed by atoms with Gasteiger partial charge in [0.1, 0.15) is 5.75 Å². The van der Waals surface area contributed by atoms with Crippen LogP contribution in [-0.2, 0) is 14.3 Å². The molecule has 0 heterocycles. The molecule has 0 saturated heterocycles. The van der Waals surface area contributed by atoms with Crippen molar-refractivity contribution in [2.75, 3.05) is 11.9 Å². The lowest BCUT2D eigenvalue weighted by atomic mass is 10.2. The largest absolute Gasteiger partial charge is 0.494 e. The van der Waals surface area contributed by atoms with Crippen LogP contribution in [0.4, 0.5) is 15.8 Å². The number of nitro groups is 1. The van der Waals surface area contributed by atoms with Crippen molar-refractivity contribution in [1.82, 2.24) is 0 Å². The van der Waals surface area contributed by atoms with Crippen molar-refractivity contribution >= 4 is 29.3 Å². The highest BCUT2D eigenvalue weighted by Gasteiger charge is 2.19. The van der Waals surface area contributed by atoms with Gasteiger partial charge in [-0.3, -0.25) is 14.9 Å². The Morgan fingerprint density at radius 1 is 1.24 bits per heavy atom. The lowest BCUT2D eigenvalue weighted by molar-refractivity contribution is -0.387. The van der Waals surface area contributed by atoms with Gasteiger partial charge in [0.25, 0.3) is 5.91 Å². The number of carbonyl (C=O) groups excluding carboxylic acids is 2. The maximum Gasteiger partial charge on any atom is 0.331 e. The molecule has 0 saturated carbocycles. The molecule has 1 unspecified atom stereocenters. The Kier molecular flexibility index (Phi) is 7.41. The van der Waals surface area contributed by atoms with Gasteiger partial charge in [-0.2, -0.15) is 4.39 Å². The van der Waals surface area contributed by atoms with E-state index in [1.807, 2.05) is 6.92 Å². The van der Waals surface area contributed by atoms with Crippen molar-refractivity contribution in [2.24, 2.45) is 0 Å². The number of esters is 1. The Hall–Kier alpha value is -3.75. The third-order valence-electron chi connectivity index (χ3n) is 3.68. The fourth-order valence-corrected chi connectivity index (χ4v) is 2.25. The zero-order valence-electron chi connectivity index (χ0n) is 15.8. The van der Waals surface area contributed by atoms with Crippen molar-refractivity contribution in [2.45, 2.75) is 20.0 Å². The molecular formula is C20H19FN2O6. The van der Waals surface area contributed by atoms with Gasteiger partial charge in [-0.15, -0.1) is 0 Å². The fraction of sp³-hybridized carbons (Fsp3) is 0.200. The molecule has 29 heavy (non-hydrogen) atoms. The predicted molar refractivity (Wildman–Crippen MR) is 104 cm³/mol. The Bertz CT molecular complexity index is 927. The van der Waals surface area contributed by atoms with Crippen molar-refractivity contribution in [3.63, 3.8) is 0 Å². The maximum atomic E-state index is 13.3. The second kappa shape index (κ2) is 9.98. The van der Waals surface area contributed by atoms with Gasteiger partial charge in [0.15, 0.2) is 6.10 Å². The van der Waals surface area contributed by atoms with Gasteiger partial charge in [-0.25, -0.2) is 4.79 Å². The van der Waals surface area contributed by atoms with E-state index in [0.717, 1.165) is 17.7 Å². The number of nitro benzene ring substituents is 1. The molecule has 0 radical (unpaired) electrons. The fourth-order valence-electron chi connectivity index (χ4n) is 2.25. The standard InChI is InChI=1S/C20H19FN2O6/c1-3-28-16-8-4-14(5-9-16)6-11-19(24)29-13(2)20(25)22-15-7-10-17(21)18(12-15)23(26)27/h4-13H,3H2,1-2H3,(H,22,25)/b11-6+. The summed E-state index contributed by atoms with van der Waals surface area (Å²) in [6.45, 7) is 3.76. The van der Waals surface area contributed by atoms with Crippen LogP contribution in [0.2, 0.25) is 0 Å². The molecule has 9 heteroatoms. The molecule has 0 spiro atoms. The van der Waals surface area contributed by atoms with E-state index in [2.05, 4.69) is 5.32 Å². The number of hydrogen-bond donors (Lipinski definition) is 1. The van der Waals surface area contributed by atoms with Crippen LogP contribution in [0.3, 0.4) is 0 Å². The van der Waals surface area contributed by atoms with Crippen LogP contribution in [0.5, 0.6) is 5.75 Å². The number of benzene rings is 2. The van der Waals surface area contributed by atoms with Crippen LogP contribution in [0.15, 0.2) is 48.5 Å². The highest BCUT2D eigenvalue weighted by atomic mass is 19.1. The summed E-state index contributed by atoms with van der Waals surface area (Å²) in [7, 11) is 0. The molecule has 1 atom stereocenters. The van der Waals surface area contributed by atoms with Crippen molar-refractivity contribution in [1.29, 1.82) is 0 Å². The summed E-state index contributed by atoms with van der Waals surface area (Å²) in [5, 5.41) is 13.1. The lowest BCUT2D eigenvalue weighted by Crippen LogP contribution is -2.29. The highest BCUT2D eigenvalue weighted by molar-refractivity contribution is 5.96. The van der Waals surface area contributed by atoms with E-state index in [1.165, 1.54) is 25.1 Å². The van der Waals surface area contributed by atoms with E-state index in [9.17, 15) is 24.1 Å². The first-order chi connectivity index (χ1) is 13.8. The van der Waals surface area contributed by atoms with Gasteiger partial charge < -0.3 is 14.8 Å². The van der Waals surface area contributed by atoms with E-state index in [4.69, 9.17) is 9.47 Å². The maximum absolute atomic E-state index is 13.3. The number of hydrogen-bond acceptors (Lipinski definition) is 6. The summed E-state index contributed by atoms with van der Waals surface area (Å²) < 4.78 is 23.7. The predicted octanol–water partition coefficient (Wildman–Crippen LogP) is 3.72. The van der Waals surface area contributed by atoms with E-state index in [0.29, 0.717) is 12.4 Å². The lowest BCUT2D eigenvalue weighted by Gasteiger charge is -2.12. The number of nitrogens with zero attached hydrogens (tertiary/aromatic N) is 1. The molecule has 0 fully saturated rings. The number of carbonyl (C=O) groups is 2. The van der Waals surface area contributed by atoms with Crippen molar-refractivity contribution < 1.29 is 28.4 Å². The molecular weight excluding hydrogens is 383 g/mol. The van der Waals surface area contributed by atoms with Crippen LogP contribution >= 0.6 is 0 Å². The van der Waals surface area contributed by atoms with Crippen LogP contribution in [0, 0.1) is 15.9 Å². The Balaban J connectivity index is 1.92. The normalized spacial score (nSPS) is 11.7. The minimum Gasteiger partial charge on any atom is -0.494 e. The summed E-state index contributed by atoms with van der Waals surface area (Å²) in [5.74, 6) is -1.77. The first kappa shape index (κ1) is 21.5. The van der Waals surface area contributed by atoms with E-state index >= 15 is 0 Å². The summed E-state index contributed by atoms with van der Waals surface area (Å²) >= 11 is 0. The molecule has 2 aromatic carbocycles. The Morgan fingerprint density at radius 3 is 2.55 bits per heavy atom. The number of nitrogens with one attached hydrogen (secondary N) is 1. The monoisotopic (exact) mass is 402 g/mol. The van der Waals surface area contributed by atoms with Crippen molar-refractivity contribution in [3.05, 3.63) is 70.0 Å². The smallest absolute Gasteiger partial charge is 0.331 e. The number of amides is 1. The molecule has 1 amide bonds. The first-order valence-electron chi connectivity index (χ1n) is 8.66. The summed E-state index contributed by atoms with van der Waals surface area (Å²) in [6, 6.07) is 9.94.